The smallest absolute Gasteiger partial charge is 0.0106 e. The molecule has 0 aliphatic carbocycles. The summed E-state index contributed by atoms with van der Waals surface area (Å²) in [5, 5.41) is 0. The topological polar surface area (TPSA) is 0 Å². The van der Waals surface area contributed by atoms with Gasteiger partial charge in [-0.05, 0) is 139 Å². The Morgan fingerprint density at radius 1 is 0.136 bits per heavy atom. The lowest BCUT2D eigenvalue weighted by Crippen LogP contribution is -2.14. The molecule has 0 nitrogen and oxygen atoms in total. The Balaban J connectivity index is 0.000000503. The molecule has 0 aliphatic heterocycles. The molecule has 0 atom stereocenters. The normalized spacial score (nSPS) is 11.5. The van der Waals surface area contributed by atoms with E-state index in [1.807, 2.05) is 0 Å². The van der Waals surface area contributed by atoms with Crippen LogP contribution in [0.1, 0.15) is 262 Å². The highest BCUT2D eigenvalue weighted by molar-refractivity contribution is 5.28. The van der Waals surface area contributed by atoms with Crippen molar-refractivity contribution in [2.24, 2.45) is 0 Å². The third-order valence-corrected chi connectivity index (χ3v) is 19.5. The van der Waals surface area contributed by atoms with E-state index in [0.29, 0.717) is 43.3 Å². The number of benzene rings is 8. The van der Waals surface area contributed by atoms with Crippen molar-refractivity contribution >= 4 is 0 Å². The molecule has 480 valence electrons. The Morgan fingerprint density at radius 3 is 0.261 bits per heavy atom. The van der Waals surface area contributed by atoms with E-state index in [2.05, 4.69) is 409 Å². The van der Waals surface area contributed by atoms with E-state index in [-0.39, 0.29) is 0 Å². The first-order chi connectivity index (χ1) is 41.3. The molecule has 0 heterocycles. The lowest BCUT2D eigenvalue weighted by molar-refractivity contribution is 0.506. The quantitative estimate of drug-likeness (QED) is 0.0905. The molecule has 0 saturated carbocycles. The van der Waals surface area contributed by atoms with Gasteiger partial charge in [0.25, 0.3) is 0 Å². The summed E-state index contributed by atoms with van der Waals surface area (Å²) < 4.78 is 0. The zero-order chi connectivity index (χ0) is 66.6. The maximum atomic E-state index is 2.28. The van der Waals surface area contributed by atoms with Gasteiger partial charge in [0.15, 0.2) is 0 Å². The van der Waals surface area contributed by atoms with E-state index < -0.39 is 0 Å². The van der Waals surface area contributed by atoms with Crippen LogP contribution in [-0.2, 0) is 43.3 Å². The van der Waals surface area contributed by atoms with Crippen molar-refractivity contribution in [1.82, 2.24) is 0 Å². The highest BCUT2D eigenvalue weighted by Gasteiger charge is 2.22. The summed E-state index contributed by atoms with van der Waals surface area (Å²) in [7, 11) is 0. The van der Waals surface area contributed by atoms with Gasteiger partial charge < -0.3 is 0 Å². The molecule has 0 radical (unpaired) electrons. The Morgan fingerprint density at radius 2 is 0.205 bits per heavy atom. The van der Waals surface area contributed by atoms with Gasteiger partial charge in [0, 0.05) is 0 Å². The Labute approximate surface area is 544 Å². The number of hydrogen-bond donors (Lipinski definition) is 0. The molecule has 0 aliphatic rings. The first kappa shape index (κ1) is 79.8. The van der Waals surface area contributed by atoms with Crippen molar-refractivity contribution in [1.29, 1.82) is 0 Å². The molecule has 0 spiro atoms. The Bertz CT molecular complexity index is 2290. The van der Waals surface area contributed by atoms with Gasteiger partial charge in [-0.3, -0.25) is 0 Å². The van der Waals surface area contributed by atoms with Crippen LogP contribution >= 0.6 is 0 Å². The Kier molecular flexibility index (Phi) is 36.0. The minimum absolute atomic E-state index is 0.335. The molecule has 0 aromatic heterocycles. The SMILES string of the molecule is CCC(C)(C)c1ccccc1.CCC(C)(C)c1ccccc1.CCC(C)(C)c1ccccc1.CCC(C)(C)c1ccccc1.CCC(C)(C)c1ccccc1.CCC(C)(C)c1ccccc1.CCC(C)(C)c1ccccc1.CCC(C)(C)c1ccccc1. The Hall–Kier alpha value is -6.24. The van der Waals surface area contributed by atoms with Crippen LogP contribution < -0.4 is 0 Å². The molecule has 0 heteroatoms. The van der Waals surface area contributed by atoms with Gasteiger partial charge in [-0.25, -0.2) is 0 Å². The average Bonchev–Trinajstić information content (AvgIpc) is 3.68. The van der Waals surface area contributed by atoms with Crippen molar-refractivity contribution in [2.75, 3.05) is 0 Å². The lowest BCUT2D eigenvalue weighted by atomic mass is 9.82. The third kappa shape index (κ3) is 29.4. The molecule has 0 fully saturated rings. The van der Waals surface area contributed by atoms with E-state index in [1.54, 1.807) is 0 Å². The highest BCUT2D eigenvalue weighted by Crippen LogP contribution is 2.31. The van der Waals surface area contributed by atoms with Crippen molar-refractivity contribution in [3.05, 3.63) is 287 Å². The molecule has 0 saturated heterocycles. The van der Waals surface area contributed by atoms with Gasteiger partial charge in [-0.2, -0.15) is 0 Å². The van der Waals surface area contributed by atoms with E-state index in [4.69, 9.17) is 0 Å². The van der Waals surface area contributed by atoms with Crippen LogP contribution in [0.5, 0.6) is 0 Å². The van der Waals surface area contributed by atoms with Crippen molar-refractivity contribution in [3.8, 4) is 0 Å². The predicted octanol–water partition coefficient (Wildman–Crippen LogP) is 27.0. The van der Waals surface area contributed by atoms with Gasteiger partial charge in [0.1, 0.15) is 0 Å². The molecular weight excluding hydrogens is 1060 g/mol. The van der Waals surface area contributed by atoms with Crippen molar-refractivity contribution < 1.29 is 0 Å². The maximum Gasteiger partial charge on any atom is -0.0106 e. The lowest BCUT2D eigenvalue weighted by Gasteiger charge is -2.22. The van der Waals surface area contributed by atoms with Gasteiger partial charge in [0.2, 0.25) is 0 Å². The molecule has 0 bridgehead atoms. The number of hydrogen-bond acceptors (Lipinski definition) is 0. The van der Waals surface area contributed by atoms with Gasteiger partial charge in [-0.15, -0.1) is 0 Å². The first-order valence-corrected chi connectivity index (χ1v) is 33.8. The van der Waals surface area contributed by atoms with E-state index in [0.717, 1.165) is 0 Å². The molecule has 88 heavy (non-hydrogen) atoms. The van der Waals surface area contributed by atoms with E-state index in [9.17, 15) is 0 Å². The molecule has 0 unspecified atom stereocenters. The van der Waals surface area contributed by atoms with Crippen LogP contribution in [0.2, 0.25) is 0 Å². The van der Waals surface area contributed by atoms with Gasteiger partial charge in [-0.1, -0.05) is 409 Å². The summed E-state index contributed by atoms with van der Waals surface area (Å²) in [4.78, 5) is 0. The van der Waals surface area contributed by atoms with E-state index in [1.165, 1.54) is 95.9 Å². The summed E-state index contributed by atoms with van der Waals surface area (Å²) in [6.07, 6.45) is 9.53. The van der Waals surface area contributed by atoms with Gasteiger partial charge >= 0.3 is 0 Å². The van der Waals surface area contributed by atoms with Crippen LogP contribution in [0.4, 0.5) is 0 Å². The molecule has 8 aromatic rings. The minimum atomic E-state index is 0.335. The molecular formula is C88H128. The van der Waals surface area contributed by atoms with Crippen LogP contribution in [-0.4, -0.2) is 0 Å². The monoisotopic (exact) mass is 1190 g/mol. The van der Waals surface area contributed by atoms with Crippen LogP contribution in [0, 0.1) is 0 Å². The molecule has 8 aromatic carbocycles. The van der Waals surface area contributed by atoms with Crippen LogP contribution in [0.25, 0.3) is 0 Å². The highest BCUT2D eigenvalue weighted by atomic mass is 14.3. The second-order valence-corrected chi connectivity index (χ2v) is 28.8. The summed E-state index contributed by atoms with van der Waals surface area (Å²) in [5.41, 5.74) is 14.1. The van der Waals surface area contributed by atoms with E-state index >= 15 is 0 Å². The summed E-state index contributed by atoms with van der Waals surface area (Å²) in [5.74, 6) is 0. The molecule has 8 rings (SSSR count). The molecule has 0 N–H and O–H groups in total. The van der Waals surface area contributed by atoms with Crippen LogP contribution in [0.15, 0.2) is 243 Å². The third-order valence-electron chi connectivity index (χ3n) is 19.5. The zero-order valence-corrected chi connectivity index (χ0v) is 60.8. The standard InChI is InChI=1S/8C11H16/c8*1-4-11(2,3)10-8-6-5-7-9-10/h8*5-9H,4H2,1-3H3. The zero-order valence-electron chi connectivity index (χ0n) is 60.8. The fourth-order valence-electron chi connectivity index (χ4n) is 8.75. The summed E-state index contributed by atoms with van der Waals surface area (Å²) >= 11 is 0. The average molecular weight is 1190 g/mol. The first-order valence-electron chi connectivity index (χ1n) is 33.8. The van der Waals surface area contributed by atoms with Gasteiger partial charge in [0.05, 0.1) is 0 Å². The second-order valence-electron chi connectivity index (χ2n) is 28.8. The second kappa shape index (κ2) is 39.7. The largest absolute Gasteiger partial charge is 0.0646 e. The fraction of sp³-hybridized carbons (Fsp3) is 0.455. The summed E-state index contributed by atoms with van der Waals surface area (Å²) in [6, 6.07) is 85.3. The minimum Gasteiger partial charge on any atom is -0.0646 e. The maximum absolute atomic E-state index is 2.28. The van der Waals surface area contributed by atoms with Crippen molar-refractivity contribution in [2.45, 2.75) is 261 Å². The predicted molar refractivity (Wildman–Crippen MR) is 398 cm³/mol. The molecule has 0 amide bonds. The van der Waals surface area contributed by atoms with Crippen LogP contribution in [0.3, 0.4) is 0 Å². The number of rotatable bonds is 16. The fourth-order valence-corrected chi connectivity index (χ4v) is 8.75. The summed E-state index contributed by atoms with van der Waals surface area (Å²) in [6.45, 7) is 54.3. The van der Waals surface area contributed by atoms with Crippen molar-refractivity contribution in [3.63, 3.8) is 0 Å².